The Balaban J connectivity index is 2.50. The van der Waals surface area contributed by atoms with E-state index in [1.165, 1.54) is 24.3 Å². The van der Waals surface area contributed by atoms with E-state index in [1.807, 2.05) is 0 Å². The summed E-state index contributed by atoms with van der Waals surface area (Å²) in [5, 5.41) is 0. The second kappa shape index (κ2) is 3.58. The highest BCUT2D eigenvalue weighted by Gasteiger charge is 2.03. The van der Waals surface area contributed by atoms with Gasteiger partial charge in [-0.3, -0.25) is 0 Å². The maximum absolute atomic E-state index is 13.3. The van der Waals surface area contributed by atoms with E-state index in [4.69, 9.17) is 0 Å². The first-order chi connectivity index (χ1) is 6.77. The fraction of sp³-hybridized carbons (Fsp3) is 0. The quantitative estimate of drug-likeness (QED) is 0.644. The molecule has 0 heterocycles. The highest BCUT2D eigenvalue weighted by Crippen LogP contribution is 2.21. The summed E-state index contributed by atoms with van der Waals surface area (Å²) < 4.78 is 25.8. The van der Waals surface area contributed by atoms with Gasteiger partial charge >= 0.3 is 0 Å². The number of hydrogen-bond donors (Lipinski definition) is 0. The lowest BCUT2D eigenvalue weighted by Crippen LogP contribution is -1.83. The van der Waals surface area contributed by atoms with Gasteiger partial charge in [0.05, 0.1) is 0 Å². The molecule has 0 fully saturated rings. The third-order valence-corrected chi connectivity index (χ3v) is 1.96. The molecule has 1 radical (unpaired) electrons. The largest absolute Gasteiger partial charge is 0.206 e. The molecule has 0 aliphatic carbocycles. The molecule has 0 spiro atoms. The van der Waals surface area contributed by atoms with Crippen molar-refractivity contribution in [2.45, 2.75) is 0 Å². The van der Waals surface area contributed by atoms with Crippen LogP contribution in [0.4, 0.5) is 8.78 Å². The topological polar surface area (TPSA) is 0 Å². The molecular weight excluding hydrogens is 182 g/mol. The van der Waals surface area contributed by atoms with Crippen LogP contribution in [0.3, 0.4) is 0 Å². The molecule has 0 nitrogen and oxygen atoms in total. The van der Waals surface area contributed by atoms with Gasteiger partial charge in [-0.25, -0.2) is 8.78 Å². The van der Waals surface area contributed by atoms with Crippen LogP contribution in [0.5, 0.6) is 0 Å². The van der Waals surface area contributed by atoms with Gasteiger partial charge in [0, 0.05) is 11.6 Å². The Morgan fingerprint density at radius 2 is 1.71 bits per heavy atom. The molecule has 2 aromatic rings. The van der Waals surface area contributed by atoms with Gasteiger partial charge in [-0.1, -0.05) is 24.3 Å². The van der Waals surface area contributed by atoms with Crippen molar-refractivity contribution in [2.24, 2.45) is 0 Å². The van der Waals surface area contributed by atoms with Gasteiger partial charge in [0.25, 0.3) is 0 Å². The fourth-order valence-corrected chi connectivity index (χ4v) is 1.27. The van der Waals surface area contributed by atoms with Crippen molar-refractivity contribution in [3.05, 3.63) is 60.2 Å². The Kier molecular flexibility index (Phi) is 2.27. The average molecular weight is 189 g/mol. The summed E-state index contributed by atoms with van der Waals surface area (Å²) in [5.41, 5.74) is 1.09. The lowest BCUT2D eigenvalue weighted by atomic mass is 10.1. The third kappa shape index (κ3) is 1.64. The molecule has 0 N–H and O–H groups in total. The van der Waals surface area contributed by atoms with E-state index in [9.17, 15) is 8.78 Å². The minimum Gasteiger partial charge on any atom is -0.206 e. The lowest BCUT2D eigenvalue weighted by molar-refractivity contribution is 0.624. The zero-order valence-electron chi connectivity index (χ0n) is 7.30. The Morgan fingerprint density at radius 3 is 2.36 bits per heavy atom. The van der Waals surface area contributed by atoms with Crippen LogP contribution in [0.15, 0.2) is 42.5 Å². The molecule has 0 bridgehead atoms. The Morgan fingerprint density at radius 1 is 0.929 bits per heavy atom. The van der Waals surface area contributed by atoms with Crippen LogP contribution in [0.25, 0.3) is 11.1 Å². The number of halogens is 2. The molecule has 0 aliphatic heterocycles. The van der Waals surface area contributed by atoms with Gasteiger partial charge < -0.3 is 0 Å². The van der Waals surface area contributed by atoms with E-state index in [-0.39, 0.29) is 5.82 Å². The molecule has 0 atom stereocenters. The van der Waals surface area contributed by atoms with E-state index in [1.54, 1.807) is 18.2 Å². The van der Waals surface area contributed by atoms with Crippen molar-refractivity contribution in [2.75, 3.05) is 0 Å². The normalized spacial score (nSPS) is 10.1. The van der Waals surface area contributed by atoms with Crippen LogP contribution in [-0.2, 0) is 0 Å². The lowest BCUT2D eigenvalue weighted by Gasteiger charge is -2.01. The maximum atomic E-state index is 13.3. The first kappa shape index (κ1) is 8.88. The summed E-state index contributed by atoms with van der Waals surface area (Å²) in [4.78, 5) is 0. The van der Waals surface area contributed by atoms with Crippen molar-refractivity contribution in [1.82, 2.24) is 0 Å². The second-order valence-corrected chi connectivity index (χ2v) is 2.91. The van der Waals surface area contributed by atoms with Crippen LogP contribution in [0, 0.1) is 17.7 Å². The van der Waals surface area contributed by atoms with E-state index >= 15 is 0 Å². The fourth-order valence-electron chi connectivity index (χ4n) is 1.27. The zero-order valence-corrected chi connectivity index (χ0v) is 7.30. The highest BCUT2D eigenvalue weighted by atomic mass is 19.1. The van der Waals surface area contributed by atoms with Crippen LogP contribution in [0.2, 0.25) is 0 Å². The Labute approximate surface area is 80.8 Å². The molecule has 69 valence electrons. The summed E-state index contributed by atoms with van der Waals surface area (Å²) >= 11 is 0. The average Bonchev–Trinajstić information content (AvgIpc) is 2.20. The van der Waals surface area contributed by atoms with Gasteiger partial charge in [-0.2, -0.15) is 0 Å². The predicted molar refractivity (Wildman–Crippen MR) is 50.6 cm³/mol. The maximum Gasteiger partial charge on any atom is 0.131 e. The standard InChI is InChI=1S/C12H7F2/c13-10-7-5-9(6-8-10)11-3-1-2-4-12(11)14/h1-7H. The zero-order chi connectivity index (χ0) is 9.97. The molecule has 14 heavy (non-hydrogen) atoms. The van der Waals surface area contributed by atoms with Crippen molar-refractivity contribution in [3.63, 3.8) is 0 Å². The van der Waals surface area contributed by atoms with Gasteiger partial charge in [0.1, 0.15) is 11.6 Å². The van der Waals surface area contributed by atoms with Crippen molar-refractivity contribution in [3.8, 4) is 11.1 Å². The summed E-state index contributed by atoms with van der Waals surface area (Å²) in [5.74, 6) is -0.752. The minimum absolute atomic E-state index is 0.312. The summed E-state index contributed by atoms with van der Waals surface area (Å²) in [6.45, 7) is 0. The SMILES string of the molecule is Fc1[c]cc(-c2ccccc2F)cc1. The monoisotopic (exact) mass is 189 g/mol. The summed E-state index contributed by atoms with van der Waals surface area (Å²) in [6, 6.07) is 13.0. The molecule has 0 amide bonds. The van der Waals surface area contributed by atoms with Crippen molar-refractivity contribution >= 4 is 0 Å². The van der Waals surface area contributed by atoms with Crippen LogP contribution >= 0.6 is 0 Å². The van der Waals surface area contributed by atoms with E-state index in [0.29, 0.717) is 11.1 Å². The number of hydrogen-bond acceptors (Lipinski definition) is 0. The van der Waals surface area contributed by atoms with Crippen molar-refractivity contribution < 1.29 is 8.78 Å². The number of benzene rings is 2. The second-order valence-electron chi connectivity index (χ2n) is 2.91. The van der Waals surface area contributed by atoms with Gasteiger partial charge in [-0.15, -0.1) is 0 Å². The van der Waals surface area contributed by atoms with E-state index in [2.05, 4.69) is 6.07 Å². The smallest absolute Gasteiger partial charge is 0.131 e. The molecular formula is C12H7F2. The van der Waals surface area contributed by atoms with Crippen LogP contribution in [-0.4, -0.2) is 0 Å². The molecule has 0 saturated heterocycles. The van der Waals surface area contributed by atoms with Crippen LogP contribution in [0.1, 0.15) is 0 Å². The summed E-state index contributed by atoms with van der Waals surface area (Å²) in [6.07, 6.45) is 0. The third-order valence-electron chi connectivity index (χ3n) is 1.96. The minimum atomic E-state index is -0.440. The number of rotatable bonds is 1. The molecule has 2 aromatic carbocycles. The van der Waals surface area contributed by atoms with E-state index in [0.717, 1.165) is 0 Å². The van der Waals surface area contributed by atoms with E-state index < -0.39 is 5.82 Å². The first-order valence-corrected chi connectivity index (χ1v) is 4.19. The molecule has 2 heteroatoms. The summed E-state index contributed by atoms with van der Waals surface area (Å²) in [7, 11) is 0. The Hall–Kier alpha value is -1.70. The Bertz CT molecular complexity index is 432. The predicted octanol–water partition coefficient (Wildman–Crippen LogP) is 3.43. The van der Waals surface area contributed by atoms with Gasteiger partial charge in [-0.05, 0) is 23.8 Å². The van der Waals surface area contributed by atoms with Crippen molar-refractivity contribution in [1.29, 1.82) is 0 Å². The highest BCUT2D eigenvalue weighted by molar-refractivity contribution is 5.63. The molecule has 0 saturated carbocycles. The van der Waals surface area contributed by atoms with Gasteiger partial charge in [0.2, 0.25) is 0 Å². The molecule has 2 rings (SSSR count). The first-order valence-electron chi connectivity index (χ1n) is 4.19. The van der Waals surface area contributed by atoms with Gasteiger partial charge in [0.15, 0.2) is 0 Å². The van der Waals surface area contributed by atoms with Crippen LogP contribution < -0.4 is 0 Å². The molecule has 0 aliphatic rings. The molecule has 0 unspecified atom stereocenters. The molecule has 0 aromatic heterocycles.